The number of aryl methyl sites for hydroxylation is 1. The second-order valence-corrected chi connectivity index (χ2v) is 12.8. The molecular weight excluding hydrogens is 592 g/mol. The average Bonchev–Trinajstić information content (AvgIpc) is 3.55. The van der Waals surface area contributed by atoms with Crippen LogP contribution in [0.2, 0.25) is 0 Å². The number of nitriles is 1. The first-order valence-electron chi connectivity index (χ1n) is 14.6. The third-order valence-electron chi connectivity index (χ3n) is 6.92. The van der Waals surface area contributed by atoms with E-state index in [1.54, 1.807) is 61.5 Å². The van der Waals surface area contributed by atoms with Gasteiger partial charge in [-0.3, -0.25) is 0 Å². The normalized spacial score (nSPS) is 12.1. The summed E-state index contributed by atoms with van der Waals surface area (Å²) in [5.41, 5.74) is 16.4. The van der Waals surface area contributed by atoms with Crippen LogP contribution in [0.25, 0.3) is 16.5 Å². The number of nitrogens with two attached hydrogens (primary N) is 2. The molecule has 3 aromatic heterocycles. The van der Waals surface area contributed by atoms with E-state index in [9.17, 15) is 5.26 Å². The number of hydrogen-bond donors (Lipinski definition) is 2. The third-order valence-corrected chi connectivity index (χ3v) is 6.92. The molecule has 4 N–H and O–H groups in total. The van der Waals surface area contributed by atoms with Crippen molar-refractivity contribution in [2.75, 3.05) is 11.5 Å². The fourth-order valence-corrected chi connectivity index (χ4v) is 4.63. The van der Waals surface area contributed by atoms with Crippen LogP contribution >= 0.6 is 0 Å². The zero-order valence-corrected chi connectivity index (χ0v) is 27.2. The lowest BCUT2D eigenvalue weighted by Crippen LogP contribution is -2.15. The van der Waals surface area contributed by atoms with Gasteiger partial charge < -0.3 is 11.5 Å². The Morgan fingerprint density at radius 1 is 0.745 bits per heavy atom. The molecule has 0 radical (unpaired) electrons. The number of rotatable bonds is 6. The summed E-state index contributed by atoms with van der Waals surface area (Å²) < 4.78 is 2.99. The van der Waals surface area contributed by atoms with Crippen molar-refractivity contribution in [2.45, 2.75) is 59.3 Å². The molecule has 14 nitrogen and oxygen atoms in total. The molecule has 0 bridgehead atoms. The molecule has 236 valence electrons. The lowest BCUT2D eigenvalue weighted by atomic mass is 9.91. The Bertz CT molecular complexity index is 1970. The van der Waals surface area contributed by atoms with Crippen LogP contribution in [0.4, 0.5) is 40.1 Å². The number of benzene rings is 2. The molecule has 0 fully saturated rings. The molecule has 14 heteroatoms. The molecule has 0 saturated heterocycles. The molecule has 0 aliphatic rings. The summed E-state index contributed by atoms with van der Waals surface area (Å²) in [7, 11) is 0. The number of hydrogen-bond acceptors (Lipinski definition) is 11. The Balaban J connectivity index is 1.61. The minimum atomic E-state index is -0.449. The number of anilines is 2. The second kappa shape index (κ2) is 12.3. The molecule has 5 rings (SSSR count). The molecule has 2 aromatic carbocycles. The van der Waals surface area contributed by atoms with Crippen LogP contribution in [0, 0.1) is 24.8 Å². The maximum absolute atomic E-state index is 9.26. The van der Waals surface area contributed by atoms with Gasteiger partial charge >= 0.3 is 0 Å². The lowest BCUT2D eigenvalue weighted by molar-refractivity contribution is 0.558. The van der Waals surface area contributed by atoms with Gasteiger partial charge in [-0.05, 0) is 37.3 Å². The smallest absolute Gasteiger partial charge is 0.189 e. The molecular formula is C33H34N14. The second-order valence-electron chi connectivity index (χ2n) is 12.8. The van der Waals surface area contributed by atoms with Crippen LogP contribution in [0.1, 0.15) is 64.3 Å². The van der Waals surface area contributed by atoms with Crippen LogP contribution in [0.3, 0.4) is 0 Å². The van der Waals surface area contributed by atoms with Gasteiger partial charge in [0.05, 0.1) is 41.0 Å². The molecule has 5 aromatic rings. The van der Waals surface area contributed by atoms with Gasteiger partial charge in [0, 0.05) is 16.9 Å². The van der Waals surface area contributed by atoms with Crippen molar-refractivity contribution >= 4 is 40.1 Å². The number of azo groups is 2. The highest BCUT2D eigenvalue weighted by atomic mass is 15.4. The van der Waals surface area contributed by atoms with E-state index in [1.165, 1.54) is 9.36 Å². The fraction of sp³-hybridized carbons (Fsp3) is 0.273. The van der Waals surface area contributed by atoms with Crippen LogP contribution in [-0.4, -0.2) is 29.5 Å². The molecule has 0 aliphatic carbocycles. The molecule has 0 aliphatic heterocycles. The summed E-state index contributed by atoms with van der Waals surface area (Å²) in [6.07, 6.45) is 0. The van der Waals surface area contributed by atoms with E-state index in [1.807, 2.05) is 41.5 Å². The monoisotopic (exact) mass is 626 g/mol. The van der Waals surface area contributed by atoms with E-state index in [4.69, 9.17) is 28.2 Å². The number of nitrogens with zero attached hydrogens (tertiary/aromatic N) is 12. The molecule has 0 unspecified atom stereocenters. The summed E-state index contributed by atoms with van der Waals surface area (Å²) in [6, 6.07) is 17.4. The Morgan fingerprint density at radius 2 is 1.23 bits per heavy atom. The highest BCUT2D eigenvalue weighted by molar-refractivity contribution is 5.67. The van der Waals surface area contributed by atoms with Gasteiger partial charge in [-0.15, -0.1) is 10.2 Å². The van der Waals surface area contributed by atoms with Crippen molar-refractivity contribution in [1.29, 1.82) is 5.26 Å². The third kappa shape index (κ3) is 6.72. The van der Waals surface area contributed by atoms with Crippen LogP contribution in [0.5, 0.6) is 0 Å². The van der Waals surface area contributed by atoms with Crippen LogP contribution < -0.4 is 11.5 Å². The van der Waals surface area contributed by atoms with E-state index in [0.29, 0.717) is 62.8 Å². The molecule has 0 spiro atoms. The van der Waals surface area contributed by atoms with Gasteiger partial charge in [0.25, 0.3) is 0 Å². The van der Waals surface area contributed by atoms with E-state index in [0.717, 1.165) is 0 Å². The standard InChI is InChI=1S/C33H34N14/c1-19-38-24(46-30(35)26(28(44-46)32(2,3)4)42-40-22-13-9-11-20(15-22)18-34)17-25(39-19)47-31(36)27(29(45-47)33(5,6)7)43-41-23-14-10-12-21(16-23)37-8/h9-17H,35-36H2,1-7H3. The summed E-state index contributed by atoms with van der Waals surface area (Å²) >= 11 is 0. The highest BCUT2D eigenvalue weighted by Gasteiger charge is 2.29. The Labute approximate surface area is 272 Å². The van der Waals surface area contributed by atoms with Crippen molar-refractivity contribution in [2.24, 2.45) is 20.5 Å². The minimum Gasteiger partial charge on any atom is -0.382 e. The van der Waals surface area contributed by atoms with Crippen molar-refractivity contribution in [1.82, 2.24) is 29.5 Å². The SMILES string of the molecule is [C-]#[N+]c1cccc(N=Nc2c(C(C)(C)C)nn(-c3cc(-n4nc(C(C)(C)C)c(N=Nc5cccc(C#N)c5)c4N)nc(C)n3)c2N)c1. The van der Waals surface area contributed by atoms with E-state index in [-0.39, 0.29) is 11.6 Å². The molecule has 0 saturated carbocycles. The molecule has 0 amide bonds. The van der Waals surface area contributed by atoms with E-state index >= 15 is 0 Å². The molecule has 0 atom stereocenters. The molecule has 47 heavy (non-hydrogen) atoms. The van der Waals surface area contributed by atoms with E-state index in [2.05, 4.69) is 41.3 Å². The summed E-state index contributed by atoms with van der Waals surface area (Å²) in [5.74, 6) is 1.61. The van der Waals surface area contributed by atoms with Crippen molar-refractivity contribution in [3.63, 3.8) is 0 Å². The van der Waals surface area contributed by atoms with Gasteiger partial charge in [-0.1, -0.05) is 59.7 Å². The topological polar surface area (TPSA) is 191 Å². The highest BCUT2D eigenvalue weighted by Crippen LogP contribution is 2.40. The van der Waals surface area contributed by atoms with Gasteiger partial charge in [0.15, 0.2) is 40.3 Å². The average molecular weight is 627 g/mol. The lowest BCUT2D eigenvalue weighted by Gasteiger charge is -2.15. The minimum absolute atomic E-state index is 0.221. The quantitative estimate of drug-likeness (QED) is 0.140. The Kier molecular flexibility index (Phi) is 8.37. The van der Waals surface area contributed by atoms with Gasteiger partial charge in [0.2, 0.25) is 0 Å². The van der Waals surface area contributed by atoms with Crippen molar-refractivity contribution in [3.8, 4) is 17.7 Å². The predicted molar refractivity (Wildman–Crippen MR) is 179 cm³/mol. The predicted octanol–water partition coefficient (Wildman–Crippen LogP) is 8.17. The van der Waals surface area contributed by atoms with Gasteiger partial charge in [-0.25, -0.2) is 14.8 Å². The van der Waals surface area contributed by atoms with E-state index < -0.39 is 10.8 Å². The number of aromatic nitrogens is 6. The Morgan fingerprint density at radius 3 is 1.70 bits per heavy atom. The maximum Gasteiger partial charge on any atom is 0.189 e. The zero-order chi connectivity index (χ0) is 34.1. The van der Waals surface area contributed by atoms with Crippen molar-refractivity contribution < 1.29 is 0 Å². The molecule has 3 heterocycles. The van der Waals surface area contributed by atoms with Gasteiger partial charge in [-0.2, -0.15) is 35.1 Å². The van der Waals surface area contributed by atoms with Crippen molar-refractivity contribution in [3.05, 3.63) is 88.8 Å². The summed E-state index contributed by atoms with van der Waals surface area (Å²) in [4.78, 5) is 12.7. The number of nitrogen functional groups attached to an aromatic ring is 2. The first kappa shape index (κ1) is 32.1. The zero-order valence-electron chi connectivity index (χ0n) is 27.2. The summed E-state index contributed by atoms with van der Waals surface area (Å²) in [6.45, 7) is 21.0. The first-order chi connectivity index (χ1) is 22.2. The largest absolute Gasteiger partial charge is 0.382 e. The van der Waals surface area contributed by atoms with Gasteiger partial charge in [0.1, 0.15) is 5.82 Å². The fourth-order valence-electron chi connectivity index (χ4n) is 4.63. The Hall–Kier alpha value is -6.28. The van der Waals surface area contributed by atoms with Crippen LogP contribution in [0.15, 0.2) is 75.1 Å². The maximum atomic E-state index is 9.26. The van der Waals surface area contributed by atoms with Crippen LogP contribution in [-0.2, 0) is 10.8 Å². The summed E-state index contributed by atoms with van der Waals surface area (Å²) in [5, 5.41) is 36.5. The first-order valence-corrected chi connectivity index (χ1v) is 14.6.